The molecule has 37 heavy (non-hydrogen) atoms. The van der Waals surface area contributed by atoms with E-state index in [1.807, 2.05) is 0 Å². The SMILES string of the molecule is NC(c1ccc(Br)nc1)C(F)F.NN.O.O=C1c2ccccc2C(=O)N1C(c1ccc(Br)nc1)C(F)F. The van der Waals surface area contributed by atoms with Crippen LogP contribution in [0.5, 0.6) is 0 Å². The van der Waals surface area contributed by atoms with Crippen LogP contribution >= 0.6 is 31.9 Å². The van der Waals surface area contributed by atoms with Gasteiger partial charge in [0.2, 0.25) is 0 Å². The molecule has 1 aromatic carbocycles. The molecule has 2 amide bonds. The standard InChI is InChI=1S/C15H9BrF2N2O2.C7H7BrF2N2.H4N2.H2O/c16-11-6-5-8(7-19-11)12(13(17)18)20-14(21)9-3-1-2-4-10(9)15(20)22;8-5-2-1-4(3-12-5)6(11)7(9)10;1-2;/h1-7,12-13H;1-3,6-7H,11H2;1-2H2;1H2. The first-order valence-corrected chi connectivity index (χ1v) is 11.6. The number of benzene rings is 1. The molecular formula is C22H22Br2F4N6O3. The first-order chi connectivity index (χ1) is 17.1. The molecule has 2 aromatic heterocycles. The van der Waals surface area contributed by atoms with Gasteiger partial charge in [-0.15, -0.1) is 0 Å². The third-order valence-electron chi connectivity index (χ3n) is 4.84. The Morgan fingerprint density at radius 1 is 0.730 bits per heavy atom. The minimum absolute atomic E-state index is 0. The van der Waals surface area contributed by atoms with Crippen LogP contribution in [-0.2, 0) is 0 Å². The normalized spacial score (nSPS) is 13.6. The highest BCUT2D eigenvalue weighted by atomic mass is 79.9. The zero-order chi connectivity index (χ0) is 27.0. The molecule has 4 rings (SSSR count). The van der Waals surface area contributed by atoms with Gasteiger partial charge in [-0.05, 0) is 67.3 Å². The van der Waals surface area contributed by atoms with E-state index in [1.54, 1.807) is 18.2 Å². The van der Waals surface area contributed by atoms with Crippen molar-refractivity contribution in [2.75, 3.05) is 0 Å². The van der Waals surface area contributed by atoms with Crippen molar-refractivity contribution in [3.05, 3.63) is 92.4 Å². The van der Waals surface area contributed by atoms with Crippen molar-refractivity contribution in [3.8, 4) is 0 Å². The van der Waals surface area contributed by atoms with Crippen LogP contribution in [0.15, 0.2) is 70.1 Å². The summed E-state index contributed by atoms with van der Waals surface area (Å²) in [5, 5.41) is 0. The van der Waals surface area contributed by atoms with Crippen LogP contribution in [0.3, 0.4) is 0 Å². The van der Waals surface area contributed by atoms with Crippen LogP contribution < -0.4 is 17.4 Å². The summed E-state index contributed by atoms with van der Waals surface area (Å²) in [5.74, 6) is 6.57. The summed E-state index contributed by atoms with van der Waals surface area (Å²) in [6.45, 7) is 0. The van der Waals surface area contributed by atoms with E-state index < -0.39 is 36.7 Å². The van der Waals surface area contributed by atoms with E-state index in [9.17, 15) is 27.2 Å². The second kappa shape index (κ2) is 14.8. The third-order valence-corrected chi connectivity index (χ3v) is 5.78. The van der Waals surface area contributed by atoms with E-state index in [4.69, 9.17) is 5.73 Å². The monoisotopic (exact) mass is 652 g/mol. The summed E-state index contributed by atoms with van der Waals surface area (Å²) >= 11 is 6.21. The number of hydrogen-bond acceptors (Lipinski definition) is 7. The summed E-state index contributed by atoms with van der Waals surface area (Å²) in [4.78, 5) is 33.0. The fourth-order valence-electron chi connectivity index (χ4n) is 3.16. The van der Waals surface area contributed by atoms with Crippen molar-refractivity contribution in [1.29, 1.82) is 0 Å². The Bertz CT molecular complexity index is 1140. The Balaban J connectivity index is 0.000000390. The van der Waals surface area contributed by atoms with Crippen molar-refractivity contribution < 1.29 is 32.6 Å². The van der Waals surface area contributed by atoms with Gasteiger partial charge in [0, 0.05) is 12.4 Å². The largest absolute Gasteiger partial charge is 0.412 e. The molecule has 9 nitrogen and oxygen atoms in total. The van der Waals surface area contributed by atoms with E-state index in [0.29, 0.717) is 19.7 Å². The summed E-state index contributed by atoms with van der Waals surface area (Å²) in [6.07, 6.45) is -2.90. The highest BCUT2D eigenvalue weighted by Crippen LogP contribution is 2.35. The number of amides is 2. The second-order valence-corrected chi connectivity index (χ2v) is 8.62. The molecule has 0 spiro atoms. The van der Waals surface area contributed by atoms with E-state index in [-0.39, 0.29) is 22.2 Å². The number of rotatable bonds is 5. The molecular weight excluding hydrogens is 632 g/mol. The van der Waals surface area contributed by atoms with Gasteiger partial charge in [0.25, 0.3) is 24.7 Å². The lowest BCUT2D eigenvalue weighted by Gasteiger charge is -2.25. The molecule has 0 radical (unpaired) electrons. The molecule has 0 saturated carbocycles. The summed E-state index contributed by atoms with van der Waals surface area (Å²) < 4.78 is 52.2. The lowest BCUT2D eigenvalue weighted by Crippen LogP contribution is -2.37. The molecule has 0 bridgehead atoms. The Hall–Kier alpha value is -2.82. The maximum Gasteiger partial charge on any atom is 0.263 e. The van der Waals surface area contributed by atoms with Crippen molar-refractivity contribution in [2.45, 2.75) is 24.9 Å². The number of hydrazine groups is 1. The molecule has 15 heteroatoms. The number of hydrogen-bond donors (Lipinski definition) is 3. The third kappa shape index (κ3) is 7.83. The molecule has 3 heterocycles. The maximum absolute atomic E-state index is 13.5. The van der Waals surface area contributed by atoms with Gasteiger partial charge in [0.1, 0.15) is 15.2 Å². The van der Waals surface area contributed by atoms with E-state index in [2.05, 4.69) is 53.5 Å². The fourth-order valence-corrected chi connectivity index (χ4v) is 3.63. The number of imide groups is 1. The summed E-state index contributed by atoms with van der Waals surface area (Å²) in [7, 11) is 0. The molecule has 200 valence electrons. The van der Waals surface area contributed by atoms with Gasteiger partial charge in [-0.2, -0.15) is 0 Å². The number of carbonyl (C=O) groups is 2. The molecule has 1 aliphatic rings. The minimum atomic E-state index is -2.91. The predicted molar refractivity (Wildman–Crippen MR) is 134 cm³/mol. The van der Waals surface area contributed by atoms with Crippen LogP contribution in [0.2, 0.25) is 0 Å². The number of pyridine rings is 2. The predicted octanol–water partition coefficient (Wildman–Crippen LogP) is 3.55. The molecule has 0 aliphatic carbocycles. The lowest BCUT2D eigenvalue weighted by atomic mass is 10.1. The number of alkyl halides is 4. The minimum Gasteiger partial charge on any atom is -0.412 e. The zero-order valence-electron chi connectivity index (χ0n) is 18.7. The number of fused-ring (bicyclic) bond motifs is 1. The fraction of sp³-hybridized carbons (Fsp3) is 0.182. The van der Waals surface area contributed by atoms with Crippen molar-refractivity contribution in [2.24, 2.45) is 17.4 Å². The highest BCUT2D eigenvalue weighted by molar-refractivity contribution is 9.10. The molecule has 2 unspecified atom stereocenters. The Morgan fingerprint density at radius 3 is 1.51 bits per heavy atom. The van der Waals surface area contributed by atoms with E-state index in [0.717, 1.165) is 0 Å². The summed E-state index contributed by atoms with van der Waals surface area (Å²) in [5.41, 5.74) is 5.91. The van der Waals surface area contributed by atoms with Gasteiger partial charge in [0.15, 0.2) is 0 Å². The van der Waals surface area contributed by atoms with Crippen molar-refractivity contribution in [1.82, 2.24) is 14.9 Å². The molecule has 2 atom stereocenters. The smallest absolute Gasteiger partial charge is 0.263 e. The van der Waals surface area contributed by atoms with Gasteiger partial charge in [0.05, 0.1) is 17.2 Å². The zero-order valence-corrected chi connectivity index (χ0v) is 21.9. The van der Waals surface area contributed by atoms with Crippen molar-refractivity contribution in [3.63, 3.8) is 0 Å². The Kier molecular flexibility index (Phi) is 12.9. The Morgan fingerprint density at radius 2 is 1.16 bits per heavy atom. The molecule has 8 N–H and O–H groups in total. The van der Waals surface area contributed by atoms with E-state index >= 15 is 0 Å². The van der Waals surface area contributed by atoms with Gasteiger partial charge < -0.3 is 11.2 Å². The maximum atomic E-state index is 13.5. The highest BCUT2D eigenvalue weighted by Gasteiger charge is 2.44. The van der Waals surface area contributed by atoms with Crippen LogP contribution in [-0.4, -0.2) is 45.0 Å². The molecule has 0 fully saturated rings. The first kappa shape index (κ1) is 32.2. The topological polar surface area (TPSA) is 173 Å². The van der Waals surface area contributed by atoms with Crippen molar-refractivity contribution >= 4 is 43.7 Å². The first-order valence-electron chi connectivity index (χ1n) is 9.96. The van der Waals surface area contributed by atoms with Crippen LogP contribution in [0.4, 0.5) is 17.6 Å². The lowest BCUT2D eigenvalue weighted by molar-refractivity contribution is 0.0221. The number of nitrogens with two attached hydrogens (primary N) is 3. The van der Waals surface area contributed by atoms with E-state index in [1.165, 1.54) is 42.7 Å². The van der Waals surface area contributed by atoms with Gasteiger partial charge in [-0.1, -0.05) is 24.3 Å². The number of aromatic nitrogens is 2. The molecule has 1 aliphatic heterocycles. The second-order valence-electron chi connectivity index (χ2n) is 6.99. The van der Waals surface area contributed by atoms with Crippen LogP contribution in [0.25, 0.3) is 0 Å². The molecule has 3 aromatic rings. The number of nitrogens with zero attached hydrogens (tertiary/aromatic N) is 3. The summed E-state index contributed by atoms with van der Waals surface area (Å²) in [6, 6.07) is 9.19. The number of halogens is 6. The van der Waals surface area contributed by atoms with Crippen LogP contribution in [0.1, 0.15) is 43.9 Å². The Labute approximate surface area is 225 Å². The molecule has 0 saturated heterocycles. The van der Waals surface area contributed by atoms with Gasteiger partial charge in [-0.3, -0.25) is 26.2 Å². The van der Waals surface area contributed by atoms with Gasteiger partial charge >= 0.3 is 0 Å². The average Bonchev–Trinajstić information content (AvgIpc) is 3.12. The van der Waals surface area contributed by atoms with Crippen LogP contribution in [0, 0.1) is 0 Å². The average molecular weight is 654 g/mol. The quantitative estimate of drug-likeness (QED) is 0.124. The number of carbonyl (C=O) groups excluding carboxylic acids is 2. The van der Waals surface area contributed by atoms with Gasteiger partial charge in [-0.25, -0.2) is 27.5 Å².